The van der Waals surface area contributed by atoms with Gasteiger partial charge in [-0.2, -0.15) is 0 Å². The quantitative estimate of drug-likeness (QED) is 0.136. The molecule has 39 heavy (non-hydrogen) atoms. The van der Waals surface area contributed by atoms with Crippen molar-refractivity contribution in [3.8, 4) is 0 Å². The van der Waals surface area contributed by atoms with Gasteiger partial charge in [-0.25, -0.2) is 0 Å². The topological polar surface area (TPSA) is 27.7 Å². The normalized spacial score (nSPS) is 11.7. The SMILES string of the molecule is Brc1c2ccccc2cc2ccccc12.CCO[Si](OCC)(OCC)c1c2ccccc2cc2ccccc12. The summed E-state index contributed by atoms with van der Waals surface area (Å²) in [6.45, 7) is 7.66. The van der Waals surface area contributed by atoms with Gasteiger partial charge in [0.05, 0.1) is 0 Å². The summed E-state index contributed by atoms with van der Waals surface area (Å²) in [6.07, 6.45) is 0. The molecule has 0 radical (unpaired) electrons. The number of hydrogen-bond acceptors (Lipinski definition) is 3. The van der Waals surface area contributed by atoms with Crippen LogP contribution in [0, 0.1) is 0 Å². The van der Waals surface area contributed by atoms with E-state index in [0.29, 0.717) is 19.8 Å². The maximum absolute atomic E-state index is 6.21. The third-order valence-electron chi connectivity index (χ3n) is 6.79. The highest BCUT2D eigenvalue weighted by molar-refractivity contribution is 9.10. The predicted octanol–water partition coefficient (Wildman–Crippen LogP) is 9.00. The molecule has 0 aliphatic heterocycles. The van der Waals surface area contributed by atoms with Gasteiger partial charge in [-0.05, 0) is 91.9 Å². The van der Waals surface area contributed by atoms with E-state index in [0.717, 1.165) is 16.0 Å². The zero-order valence-corrected chi connectivity index (χ0v) is 25.2. The molecule has 0 saturated carbocycles. The standard InChI is InChI=1S/C20H24O3Si.C14H9Br/c1-4-21-24(22-5-2,23-6-3)20-18-13-9-7-11-16(18)15-17-12-8-10-14-19(17)20;15-14-12-7-3-1-5-10(12)9-11-6-2-4-8-13(11)14/h7-15H,4-6H2,1-3H3;1-9H. The summed E-state index contributed by atoms with van der Waals surface area (Å²) in [5.41, 5.74) is 0. The van der Waals surface area contributed by atoms with Crippen molar-refractivity contribution in [2.75, 3.05) is 19.8 Å². The van der Waals surface area contributed by atoms with Crippen LogP contribution in [0.25, 0.3) is 43.1 Å². The second-order valence-corrected chi connectivity index (χ2v) is 12.5. The Balaban J connectivity index is 0.000000175. The zero-order valence-electron chi connectivity index (χ0n) is 22.6. The second-order valence-electron chi connectivity index (χ2n) is 9.18. The van der Waals surface area contributed by atoms with E-state index in [9.17, 15) is 0 Å². The molecule has 6 aromatic carbocycles. The van der Waals surface area contributed by atoms with Gasteiger partial charge in [-0.3, -0.25) is 0 Å². The molecule has 0 saturated heterocycles. The Morgan fingerprint density at radius 2 is 0.795 bits per heavy atom. The van der Waals surface area contributed by atoms with E-state index < -0.39 is 8.80 Å². The fourth-order valence-electron chi connectivity index (χ4n) is 5.21. The first-order valence-corrected chi connectivity index (χ1v) is 16.0. The van der Waals surface area contributed by atoms with Gasteiger partial charge in [0.25, 0.3) is 0 Å². The van der Waals surface area contributed by atoms with Crippen molar-refractivity contribution in [2.24, 2.45) is 0 Å². The molecule has 0 aliphatic carbocycles. The first-order valence-electron chi connectivity index (χ1n) is 13.5. The Kier molecular flexibility index (Phi) is 8.75. The molecule has 0 unspecified atom stereocenters. The monoisotopic (exact) mass is 596 g/mol. The summed E-state index contributed by atoms with van der Waals surface area (Å²) >= 11 is 3.68. The van der Waals surface area contributed by atoms with Crippen LogP contribution in [0.5, 0.6) is 0 Å². The van der Waals surface area contributed by atoms with E-state index >= 15 is 0 Å². The van der Waals surface area contributed by atoms with Crippen LogP contribution in [0.4, 0.5) is 0 Å². The molecule has 0 N–H and O–H groups in total. The van der Waals surface area contributed by atoms with Gasteiger partial charge in [0.2, 0.25) is 0 Å². The predicted molar refractivity (Wildman–Crippen MR) is 171 cm³/mol. The summed E-state index contributed by atoms with van der Waals surface area (Å²) in [4.78, 5) is 0. The van der Waals surface area contributed by atoms with Gasteiger partial charge in [0, 0.05) is 29.5 Å². The molecule has 0 atom stereocenters. The molecular weight excluding hydrogens is 564 g/mol. The van der Waals surface area contributed by atoms with Crippen LogP contribution in [0.1, 0.15) is 20.8 Å². The van der Waals surface area contributed by atoms with Crippen LogP contribution in [0.15, 0.2) is 114 Å². The van der Waals surface area contributed by atoms with Gasteiger partial charge >= 0.3 is 8.80 Å². The van der Waals surface area contributed by atoms with Crippen molar-refractivity contribution in [2.45, 2.75) is 20.8 Å². The van der Waals surface area contributed by atoms with Crippen LogP contribution >= 0.6 is 15.9 Å². The summed E-state index contributed by atoms with van der Waals surface area (Å²) < 4.78 is 19.8. The Morgan fingerprint density at radius 1 is 0.487 bits per heavy atom. The first-order chi connectivity index (χ1) is 19.1. The van der Waals surface area contributed by atoms with E-state index in [4.69, 9.17) is 13.3 Å². The number of fused-ring (bicyclic) bond motifs is 4. The molecule has 198 valence electrons. The number of benzene rings is 6. The Morgan fingerprint density at radius 3 is 1.15 bits per heavy atom. The van der Waals surface area contributed by atoms with E-state index in [1.54, 1.807) is 0 Å². The van der Waals surface area contributed by atoms with Crippen LogP contribution in [-0.4, -0.2) is 28.6 Å². The molecule has 0 aromatic heterocycles. The van der Waals surface area contributed by atoms with Crippen molar-refractivity contribution in [1.82, 2.24) is 0 Å². The van der Waals surface area contributed by atoms with Crippen molar-refractivity contribution < 1.29 is 13.3 Å². The number of hydrogen-bond donors (Lipinski definition) is 0. The maximum atomic E-state index is 6.21. The molecule has 6 aromatic rings. The third kappa shape index (κ3) is 5.51. The minimum Gasteiger partial charge on any atom is -0.370 e. The van der Waals surface area contributed by atoms with Crippen LogP contribution in [0.2, 0.25) is 0 Å². The largest absolute Gasteiger partial charge is 0.538 e. The van der Waals surface area contributed by atoms with E-state index in [2.05, 4.69) is 125 Å². The van der Waals surface area contributed by atoms with Crippen LogP contribution < -0.4 is 5.19 Å². The third-order valence-corrected chi connectivity index (χ3v) is 10.8. The summed E-state index contributed by atoms with van der Waals surface area (Å²) in [5, 5.41) is 10.9. The maximum Gasteiger partial charge on any atom is 0.538 e. The fraction of sp³-hybridized carbons (Fsp3) is 0.176. The molecule has 0 fully saturated rings. The molecule has 0 aliphatic rings. The Hall–Kier alpha value is -3.06. The summed E-state index contributed by atoms with van der Waals surface area (Å²) in [6, 6.07) is 38.1. The molecule has 0 amide bonds. The van der Waals surface area contributed by atoms with Crippen LogP contribution in [0.3, 0.4) is 0 Å². The Labute approximate surface area is 239 Å². The number of halogens is 1. The molecule has 5 heteroatoms. The van der Waals surface area contributed by atoms with Crippen molar-refractivity contribution >= 4 is 73.0 Å². The highest BCUT2D eigenvalue weighted by Gasteiger charge is 2.45. The second kappa shape index (κ2) is 12.4. The van der Waals surface area contributed by atoms with Gasteiger partial charge in [-0.15, -0.1) is 0 Å². The molecule has 0 bridgehead atoms. The molecule has 0 heterocycles. The molecule has 3 nitrogen and oxygen atoms in total. The van der Waals surface area contributed by atoms with Crippen molar-refractivity contribution in [3.05, 3.63) is 114 Å². The highest BCUT2D eigenvalue weighted by Crippen LogP contribution is 2.32. The lowest BCUT2D eigenvalue weighted by Crippen LogP contribution is -2.57. The minimum atomic E-state index is -3.00. The van der Waals surface area contributed by atoms with E-state index in [-0.39, 0.29) is 0 Å². The van der Waals surface area contributed by atoms with Crippen LogP contribution in [-0.2, 0) is 13.3 Å². The van der Waals surface area contributed by atoms with E-state index in [1.165, 1.54) is 36.8 Å². The van der Waals surface area contributed by atoms with E-state index in [1.807, 2.05) is 20.8 Å². The lowest BCUT2D eigenvalue weighted by molar-refractivity contribution is 0.0865. The van der Waals surface area contributed by atoms with Gasteiger partial charge in [0.1, 0.15) is 0 Å². The Bertz CT molecular complexity index is 1610. The van der Waals surface area contributed by atoms with Gasteiger partial charge < -0.3 is 13.3 Å². The smallest absolute Gasteiger partial charge is 0.370 e. The molecule has 0 spiro atoms. The minimum absolute atomic E-state index is 0.559. The van der Waals surface area contributed by atoms with Gasteiger partial charge in [0.15, 0.2) is 0 Å². The highest BCUT2D eigenvalue weighted by atomic mass is 79.9. The fourth-order valence-corrected chi connectivity index (χ4v) is 8.87. The zero-order chi connectivity index (χ0) is 27.2. The summed E-state index contributed by atoms with van der Waals surface area (Å²) in [7, 11) is -3.00. The average Bonchev–Trinajstić information content (AvgIpc) is 2.97. The lowest BCUT2D eigenvalue weighted by atomic mass is 10.0. The molecule has 6 rings (SSSR count). The van der Waals surface area contributed by atoms with Gasteiger partial charge in [-0.1, -0.05) is 97.1 Å². The first kappa shape index (κ1) is 27.5. The number of rotatable bonds is 7. The molecular formula is C34H33BrO3Si. The average molecular weight is 598 g/mol. The van der Waals surface area contributed by atoms with Crippen molar-refractivity contribution in [1.29, 1.82) is 0 Å². The summed E-state index contributed by atoms with van der Waals surface area (Å²) in [5.74, 6) is 0. The lowest BCUT2D eigenvalue weighted by Gasteiger charge is -2.30. The van der Waals surface area contributed by atoms with Crippen molar-refractivity contribution in [3.63, 3.8) is 0 Å².